The summed E-state index contributed by atoms with van der Waals surface area (Å²) < 4.78 is 5.11. The Morgan fingerprint density at radius 3 is 2.53 bits per heavy atom. The second kappa shape index (κ2) is 10.5. The molecule has 0 aliphatic rings. The van der Waals surface area contributed by atoms with Crippen molar-refractivity contribution in [3.8, 4) is 0 Å². The van der Waals surface area contributed by atoms with Gasteiger partial charge in [0.1, 0.15) is 0 Å². The summed E-state index contributed by atoms with van der Waals surface area (Å²) in [5.74, 6) is -0.0585. The molecular formula is C12H23BrO2. The molecule has 0 amide bonds. The largest absolute Gasteiger partial charge is 0.466 e. The van der Waals surface area contributed by atoms with E-state index in [4.69, 9.17) is 4.74 Å². The molecule has 0 fully saturated rings. The highest BCUT2D eigenvalue weighted by Gasteiger charge is 2.04. The van der Waals surface area contributed by atoms with Crippen LogP contribution >= 0.6 is 15.9 Å². The van der Waals surface area contributed by atoms with Crippen molar-refractivity contribution in [3.05, 3.63) is 0 Å². The van der Waals surface area contributed by atoms with Crippen molar-refractivity contribution in [2.75, 3.05) is 6.61 Å². The van der Waals surface area contributed by atoms with Crippen LogP contribution in [-0.2, 0) is 9.53 Å². The van der Waals surface area contributed by atoms with Crippen LogP contribution < -0.4 is 0 Å². The molecule has 0 heterocycles. The summed E-state index contributed by atoms with van der Waals surface area (Å²) in [4.78, 5) is 11.6. The number of carbonyl (C=O) groups is 1. The zero-order valence-electron chi connectivity index (χ0n) is 9.93. The number of carbonyl (C=O) groups excluding carboxylic acids is 1. The summed E-state index contributed by atoms with van der Waals surface area (Å²) in [5, 5.41) is 0. The third-order valence-corrected chi connectivity index (χ3v) is 2.72. The molecule has 0 rings (SSSR count). The molecular weight excluding hydrogens is 256 g/mol. The number of hydrogen-bond acceptors (Lipinski definition) is 2. The Hall–Kier alpha value is -0.0500. The fraction of sp³-hybridized carbons (Fsp3) is 0.917. The first-order valence-electron chi connectivity index (χ1n) is 5.96. The fourth-order valence-corrected chi connectivity index (χ4v) is 1.51. The molecule has 90 valence electrons. The van der Waals surface area contributed by atoms with Crippen molar-refractivity contribution in [1.29, 1.82) is 0 Å². The van der Waals surface area contributed by atoms with Gasteiger partial charge in [0.15, 0.2) is 0 Å². The SMILES string of the molecule is CCCCCCCOC(=O)CCC(C)Br. The average molecular weight is 279 g/mol. The van der Waals surface area contributed by atoms with Gasteiger partial charge in [-0.05, 0) is 12.8 Å². The van der Waals surface area contributed by atoms with E-state index in [1.165, 1.54) is 25.7 Å². The van der Waals surface area contributed by atoms with Crippen molar-refractivity contribution in [1.82, 2.24) is 0 Å². The van der Waals surface area contributed by atoms with Crippen LogP contribution in [0.15, 0.2) is 0 Å². The summed E-state index contributed by atoms with van der Waals surface area (Å²) >= 11 is 3.41. The standard InChI is InChI=1S/C12H23BrO2/c1-3-4-5-6-7-10-15-12(14)9-8-11(2)13/h11H,3-10H2,1-2H3. The highest BCUT2D eigenvalue weighted by Crippen LogP contribution is 2.07. The van der Waals surface area contributed by atoms with E-state index in [0.29, 0.717) is 17.9 Å². The molecule has 1 unspecified atom stereocenters. The first kappa shape index (κ1) is 14.9. The molecule has 0 saturated heterocycles. The minimum Gasteiger partial charge on any atom is -0.466 e. The lowest BCUT2D eigenvalue weighted by molar-refractivity contribution is -0.143. The van der Waals surface area contributed by atoms with Crippen LogP contribution in [0.2, 0.25) is 0 Å². The first-order valence-corrected chi connectivity index (χ1v) is 6.88. The molecule has 0 aliphatic carbocycles. The Bertz CT molecular complexity index is 158. The smallest absolute Gasteiger partial charge is 0.305 e. The van der Waals surface area contributed by atoms with Crippen molar-refractivity contribution < 1.29 is 9.53 Å². The normalized spacial score (nSPS) is 12.5. The maximum atomic E-state index is 11.2. The average Bonchev–Trinajstić information content (AvgIpc) is 2.20. The Morgan fingerprint density at radius 2 is 1.93 bits per heavy atom. The number of alkyl halides is 1. The molecule has 2 nitrogen and oxygen atoms in total. The van der Waals surface area contributed by atoms with Crippen LogP contribution in [0, 0.1) is 0 Å². The van der Waals surface area contributed by atoms with Crippen LogP contribution in [0.5, 0.6) is 0 Å². The number of unbranched alkanes of at least 4 members (excludes halogenated alkanes) is 4. The van der Waals surface area contributed by atoms with Crippen LogP contribution in [0.25, 0.3) is 0 Å². The zero-order valence-corrected chi connectivity index (χ0v) is 11.5. The van der Waals surface area contributed by atoms with E-state index in [1.807, 2.05) is 6.92 Å². The van der Waals surface area contributed by atoms with Gasteiger partial charge in [0, 0.05) is 11.2 Å². The monoisotopic (exact) mass is 278 g/mol. The Balaban J connectivity index is 3.17. The highest BCUT2D eigenvalue weighted by molar-refractivity contribution is 9.09. The van der Waals surface area contributed by atoms with Crippen molar-refractivity contribution in [3.63, 3.8) is 0 Å². The Kier molecular flexibility index (Phi) is 10.4. The lowest BCUT2D eigenvalue weighted by Gasteiger charge is -2.05. The van der Waals surface area contributed by atoms with E-state index in [2.05, 4.69) is 22.9 Å². The molecule has 0 bridgehead atoms. The Morgan fingerprint density at radius 1 is 1.27 bits per heavy atom. The van der Waals surface area contributed by atoms with Gasteiger partial charge in [-0.2, -0.15) is 0 Å². The maximum absolute atomic E-state index is 11.2. The van der Waals surface area contributed by atoms with Crippen LogP contribution in [0.3, 0.4) is 0 Å². The second-order valence-corrected chi connectivity index (χ2v) is 5.52. The van der Waals surface area contributed by atoms with E-state index in [1.54, 1.807) is 0 Å². The molecule has 0 N–H and O–H groups in total. The summed E-state index contributed by atoms with van der Waals surface area (Å²) in [7, 11) is 0. The van der Waals surface area contributed by atoms with Gasteiger partial charge in [-0.25, -0.2) is 0 Å². The third-order valence-electron chi connectivity index (χ3n) is 2.26. The van der Waals surface area contributed by atoms with Gasteiger partial charge in [-0.1, -0.05) is 55.5 Å². The van der Waals surface area contributed by atoms with Gasteiger partial charge >= 0.3 is 5.97 Å². The quantitative estimate of drug-likeness (QED) is 0.361. The van der Waals surface area contributed by atoms with Gasteiger partial charge in [0.2, 0.25) is 0 Å². The molecule has 0 spiro atoms. The van der Waals surface area contributed by atoms with Crippen molar-refractivity contribution in [2.24, 2.45) is 0 Å². The van der Waals surface area contributed by atoms with E-state index >= 15 is 0 Å². The molecule has 0 aromatic rings. The molecule has 0 radical (unpaired) electrons. The lowest BCUT2D eigenvalue weighted by atomic mass is 10.2. The summed E-state index contributed by atoms with van der Waals surface area (Å²) in [5.41, 5.74) is 0. The predicted molar refractivity (Wildman–Crippen MR) is 67.3 cm³/mol. The van der Waals surface area contributed by atoms with Crippen molar-refractivity contribution >= 4 is 21.9 Å². The van der Waals surface area contributed by atoms with Gasteiger partial charge in [0.05, 0.1) is 6.61 Å². The number of hydrogen-bond donors (Lipinski definition) is 0. The molecule has 0 saturated carbocycles. The molecule has 15 heavy (non-hydrogen) atoms. The molecule has 0 aromatic heterocycles. The third kappa shape index (κ3) is 11.9. The van der Waals surface area contributed by atoms with E-state index in [0.717, 1.165) is 12.8 Å². The number of rotatable bonds is 9. The van der Waals surface area contributed by atoms with Crippen molar-refractivity contribution in [2.45, 2.75) is 63.6 Å². The van der Waals surface area contributed by atoms with E-state index in [9.17, 15) is 4.79 Å². The molecule has 0 aromatic carbocycles. The topological polar surface area (TPSA) is 26.3 Å². The minimum absolute atomic E-state index is 0.0585. The fourth-order valence-electron chi connectivity index (χ4n) is 1.28. The van der Waals surface area contributed by atoms with Crippen LogP contribution in [-0.4, -0.2) is 17.4 Å². The summed E-state index contributed by atoms with van der Waals surface area (Å²) in [6.07, 6.45) is 7.37. The van der Waals surface area contributed by atoms with Gasteiger partial charge in [-0.3, -0.25) is 4.79 Å². The molecule has 1 atom stereocenters. The Labute approximate surface area is 102 Å². The van der Waals surface area contributed by atoms with Gasteiger partial charge < -0.3 is 4.74 Å². The van der Waals surface area contributed by atoms with Crippen LogP contribution in [0.4, 0.5) is 0 Å². The highest BCUT2D eigenvalue weighted by atomic mass is 79.9. The molecule has 3 heteroatoms. The zero-order chi connectivity index (χ0) is 11.5. The lowest BCUT2D eigenvalue weighted by Crippen LogP contribution is -2.07. The minimum atomic E-state index is -0.0585. The second-order valence-electron chi connectivity index (χ2n) is 3.95. The van der Waals surface area contributed by atoms with E-state index in [-0.39, 0.29) is 5.97 Å². The first-order chi connectivity index (χ1) is 7.16. The summed E-state index contributed by atoms with van der Waals surface area (Å²) in [6, 6.07) is 0. The van der Waals surface area contributed by atoms with Crippen LogP contribution in [0.1, 0.15) is 58.8 Å². The molecule has 0 aliphatic heterocycles. The summed E-state index contributed by atoms with van der Waals surface area (Å²) in [6.45, 7) is 4.83. The van der Waals surface area contributed by atoms with Gasteiger partial charge in [-0.15, -0.1) is 0 Å². The number of halogens is 1. The maximum Gasteiger partial charge on any atom is 0.305 e. The van der Waals surface area contributed by atoms with E-state index < -0.39 is 0 Å². The van der Waals surface area contributed by atoms with Gasteiger partial charge in [0.25, 0.3) is 0 Å². The number of esters is 1. The predicted octanol–water partition coefficient (Wildman–Crippen LogP) is 4.06. The number of ether oxygens (including phenoxy) is 1.